The predicted molar refractivity (Wildman–Crippen MR) is 140 cm³/mol. The number of benzene rings is 1. The average molecular weight is 506 g/mol. The third kappa shape index (κ3) is 4.90. The van der Waals surface area contributed by atoms with Crippen molar-refractivity contribution in [3.8, 4) is 16.9 Å². The minimum absolute atomic E-state index is 0.154. The third-order valence-corrected chi connectivity index (χ3v) is 8.24. The minimum atomic E-state index is -0.695. The van der Waals surface area contributed by atoms with E-state index in [0.29, 0.717) is 24.4 Å². The molecule has 1 saturated carbocycles. The third-order valence-electron chi connectivity index (χ3n) is 8.24. The van der Waals surface area contributed by atoms with Crippen LogP contribution in [0.15, 0.2) is 36.8 Å². The number of hydrogen-bond acceptors (Lipinski definition) is 7. The van der Waals surface area contributed by atoms with Crippen LogP contribution < -0.4 is 10.5 Å². The number of anilines is 1. The molecule has 1 aromatic carbocycles. The van der Waals surface area contributed by atoms with E-state index in [1.54, 1.807) is 0 Å². The Hall–Kier alpha value is -3.17. The Balaban J connectivity index is 1.20. The number of carbonyl (C=O) groups is 1. The van der Waals surface area contributed by atoms with Crippen LogP contribution in [0, 0.1) is 5.92 Å². The van der Waals surface area contributed by atoms with Crippen molar-refractivity contribution in [2.45, 2.75) is 63.1 Å². The smallest absolute Gasteiger partial charge is 0.320 e. The number of likely N-dealkylation sites (tertiary alicyclic amines) is 1. The van der Waals surface area contributed by atoms with Crippen LogP contribution in [-0.4, -0.2) is 69.0 Å². The fraction of sp³-hybridized carbons (Fsp3) is 0.536. The highest BCUT2D eigenvalue weighted by Crippen LogP contribution is 2.44. The van der Waals surface area contributed by atoms with Crippen LogP contribution in [-0.2, 0) is 9.53 Å². The number of carboxylic acid groups (broad SMARTS) is 1. The van der Waals surface area contributed by atoms with E-state index in [1.807, 2.05) is 12.1 Å². The van der Waals surface area contributed by atoms with Crippen LogP contribution in [0.1, 0.15) is 51.0 Å². The average Bonchev–Trinajstić information content (AvgIpc) is 3.51. The van der Waals surface area contributed by atoms with Crippen molar-refractivity contribution >= 4 is 22.8 Å². The van der Waals surface area contributed by atoms with Gasteiger partial charge in [-0.2, -0.15) is 0 Å². The summed E-state index contributed by atoms with van der Waals surface area (Å²) in [7, 11) is 0. The number of fused-ring (bicyclic) bond motifs is 1. The van der Waals surface area contributed by atoms with Gasteiger partial charge >= 0.3 is 5.97 Å². The van der Waals surface area contributed by atoms with Gasteiger partial charge in [-0.15, -0.1) is 0 Å². The minimum Gasteiger partial charge on any atom is -0.491 e. The lowest BCUT2D eigenvalue weighted by molar-refractivity contribution is -0.142. The van der Waals surface area contributed by atoms with Gasteiger partial charge in [0.15, 0.2) is 0 Å². The van der Waals surface area contributed by atoms with Gasteiger partial charge in [-0.3, -0.25) is 9.69 Å². The van der Waals surface area contributed by atoms with Crippen LogP contribution in [0.25, 0.3) is 22.2 Å². The number of aliphatic carboxylic acids is 1. The molecule has 9 nitrogen and oxygen atoms in total. The molecular weight excluding hydrogens is 470 g/mol. The Morgan fingerprint density at radius 2 is 2.08 bits per heavy atom. The highest BCUT2D eigenvalue weighted by Gasteiger charge is 2.37. The first-order valence-electron chi connectivity index (χ1n) is 13.5. The zero-order chi connectivity index (χ0) is 25.4. The highest BCUT2D eigenvalue weighted by molar-refractivity contribution is 6.00. The van der Waals surface area contributed by atoms with E-state index in [0.717, 1.165) is 86.1 Å². The van der Waals surface area contributed by atoms with Crippen LogP contribution in [0.2, 0.25) is 0 Å². The molecule has 1 aliphatic carbocycles. The predicted octanol–water partition coefficient (Wildman–Crippen LogP) is 4.13. The van der Waals surface area contributed by atoms with Crippen molar-refractivity contribution in [3.05, 3.63) is 36.8 Å². The molecule has 3 aliphatic rings. The Morgan fingerprint density at radius 1 is 1.19 bits per heavy atom. The number of carboxylic acids is 1. The van der Waals surface area contributed by atoms with E-state index in [4.69, 9.17) is 15.2 Å². The molecule has 2 aliphatic heterocycles. The van der Waals surface area contributed by atoms with Crippen LogP contribution in [0.4, 0.5) is 5.82 Å². The lowest BCUT2D eigenvalue weighted by Crippen LogP contribution is -2.42. The molecule has 3 aromatic rings. The Bertz CT molecular complexity index is 1260. The lowest BCUT2D eigenvalue weighted by atomic mass is 9.79. The molecule has 37 heavy (non-hydrogen) atoms. The van der Waals surface area contributed by atoms with Gasteiger partial charge < -0.3 is 24.9 Å². The summed E-state index contributed by atoms with van der Waals surface area (Å²) in [5, 5.41) is 10.4. The Morgan fingerprint density at radius 3 is 2.89 bits per heavy atom. The summed E-state index contributed by atoms with van der Waals surface area (Å²) < 4.78 is 14.1. The number of nitrogen functional groups attached to an aromatic ring is 1. The van der Waals surface area contributed by atoms with Gasteiger partial charge in [0, 0.05) is 31.0 Å². The molecule has 196 valence electrons. The number of ether oxygens (including phenoxy) is 2. The zero-order valence-corrected chi connectivity index (χ0v) is 21.1. The molecule has 9 heteroatoms. The quantitative estimate of drug-likeness (QED) is 0.470. The van der Waals surface area contributed by atoms with Gasteiger partial charge in [0.1, 0.15) is 36.2 Å². The van der Waals surface area contributed by atoms with Gasteiger partial charge in [-0.25, -0.2) is 9.97 Å². The van der Waals surface area contributed by atoms with Crippen molar-refractivity contribution in [1.29, 1.82) is 0 Å². The maximum atomic E-state index is 11.6. The topological polar surface area (TPSA) is 116 Å². The molecule has 4 heterocycles. The van der Waals surface area contributed by atoms with Gasteiger partial charge in [0.25, 0.3) is 0 Å². The van der Waals surface area contributed by atoms with Crippen molar-refractivity contribution in [2.24, 2.45) is 5.92 Å². The van der Waals surface area contributed by atoms with Gasteiger partial charge in [-0.05, 0) is 75.1 Å². The van der Waals surface area contributed by atoms with E-state index in [1.165, 1.54) is 12.7 Å². The van der Waals surface area contributed by atoms with E-state index in [-0.39, 0.29) is 12.1 Å². The van der Waals surface area contributed by atoms with E-state index in [2.05, 4.69) is 37.8 Å². The molecule has 0 bridgehead atoms. The van der Waals surface area contributed by atoms with Gasteiger partial charge in [0.2, 0.25) is 0 Å². The molecule has 2 atom stereocenters. The number of rotatable bonds is 8. The summed E-state index contributed by atoms with van der Waals surface area (Å²) in [6, 6.07) is 8.08. The molecule has 0 amide bonds. The van der Waals surface area contributed by atoms with Crippen LogP contribution >= 0.6 is 0 Å². The number of nitrogens with two attached hydrogens (primary N) is 1. The van der Waals surface area contributed by atoms with Gasteiger partial charge in [-0.1, -0.05) is 12.1 Å². The maximum absolute atomic E-state index is 11.6. The molecule has 0 spiro atoms. The standard InChI is InChI=1S/C28H35N5O4/c29-26-25-23(19-5-3-7-21(13-19)37-16-22-6-1-2-10-36-22)15-33(27(25)31-17-30-26)20-11-18(12-20)14-32-9-4-8-24(32)28(34)35/h3,5,7,13,15,17-18,20,22,24H,1-2,4,6,8-12,14,16H2,(H,34,35)(H2,29,30,31). The van der Waals surface area contributed by atoms with Crippen molar-refractivity contribution < 1.29 is 19.4 Å². The molecule has 2 unspecified atom stereocenters. The lowest BCUT2D eigenvalue weighted by Gasteiger charge is -2.39. The SMILES string of the molecule is Nc1ncnc2c1c(-c1cccc(OCC3CCCCO3)c1)cn2C1CC(CN2CCCC2C(=O)O)C1. The molecule has 2 saturated heterocycles. The molecule has 3 N–H and O–H groups in total. The summed E-state index contributed by atoms with van der Waals surface area (Å²) in [5.74, 6) is 1.08. The fourth-order valence-electron chi connectivity index (χ4n) is 6.22. The van der Waals surface area contributed by atoms with E-state index >= 15 is 0 Å². The second-order valence-corrected chi connectivity index (χ2v) is 10.7. The molecule has 6 rings (SSSR count). The van der Waals surface area contributed by atoms with Crippen LogP contribution in [0.3, 0.4) is 0 Å². The van der Waals surface area contributed by atoms with Crippen molar-refractivity contribution in [2.75, 3.05) is 32.0 Å². The summed E-state index contributed by atoms with van der Waals surface area (Å²) >= 11 is 0. The highest BCUT2D eigenvalue weighted by atomic mass is 16.5. The second-order valence-electron chi connectivity index (χ2n) is 10.7. The summed E-state index contributed by atoms with van der Waals surface area (Å²) in [6.07, 6.45) is 10.9. The first-order valence-corrected chi connectivity index (χ1v) is 13.5. The van der Waals surface area contributed by atoms with Gasteiger partial charge in [0.05, 0.1) is 11.5 Å². The number of aromatic nitrogens is 3. The first-order chi connectivity index (χ1) is 18.1. The van der Waals surface area contributed by atoms with Crippen LogP contribution in [0.5, 0.6) is 5.75 Å². The van der Waals surface area contributed by atoms with E-state index in [9.17, 15) is 9.90 Å². The second kappa shape index (κ2) is 10.3. The summed E-state index contributed by atoms with van der Waals surface area (Å²) in [6.45, 7) is 3.09. The zero-order valence-electron chi connectivity index (χ0n) is 21.1. The monoisotopic (exact) mass is 505 g/mol. The molecular formula is C28H35N5O4. The van der Waals surface area contributed by atoms with Crippen molar-refractivity contribution in [3.63, 3.8) is 0 Å². The summed E-state index contributed by atoms with van der Waals surface area (Å²) in [4.78, 5) is 22.6. The first kappa shape index (κ1) is 24.2. The molecule has 2 aromatic heterocycles. The maximum Gasteiger partial charge on any atom is 0.320 e. The number of hydrogen-bond donors (Lipinski definition) is 2. The fourth-order valence-corrected chi connectivity index (χ4v) is 6.22. The molecule has 3 fully saturated rings. The normalized spacial score (nSPS) is 26.3. The van der Waals surface area contributed by atoms with Crippen molar-refractivity contribution in [1.82, 2.24) is 19.4 Å². The van der Waals surface area contributed by atoms with E-state index < -0.39 is 5.97 Å². The number of nitrogens with zero attached hydrogens (tertiary/aromatic N) is 4. The Kier molecular flexibility index (Phi) is 6.73. The molecule has 0 radical (unpaired) electrons. The largest absolute Gasteiger partial charge is 0.491 e. The Labute approximate surface area is 216 Å². The summed E-state index contributed by atoms with van der Waals surface area (Å²) in [5.41, 5.74) is 9.23.